The Morgan fingerprint density at radius 2 is 0.522 bits per heavy atom. The van der Waals surface area contributed by atoms with Crippen LogP contribution in [0.25, 0.3) is 0 Å². The zero-order valence-corrected chi connectivity index (χ0v) is 25.4. The van der Waals surface area contributed by atoms with E-state index in [1.807, 2.05) is 54.6 Å². The predicted octanol–water partition coefficient (Wildman–Crippen LogP) is 9.14. The molecule has 0 radical (unpaired) electrons. The molecule has 0 heterocycles. The number of hydrogen-bond acceptors (Lipinski definition) is 6. The van der Waals surface area contributed by atoms with Crippen molar-refractivity contribution >= 4 is 26.0 Å². The van der Waals surface area contributed by atoms with Gasteiger partial charge in [-0.3, -0.25) is 14.4 Å². The Bertz CT molecular complexity index is 1690. The molecule has 0 fully saturated rings. The summed E-state index contributed by atoms with van der Waals surface area (Å²) in [6, 6.07) is 47.3. The summed E-state index contributed by atoms with van der Waals surface area (Å²) in [5.41, 5.74) is 3.32. The van der Waals surface area contributed by atoms with Crippen molar-refractivity contribution in [3.8, 4) is 17.2 Å². The van der Waals surface area contributed by atoms with Gasteiger partial charge in [-0.1, -0.05) is 91.0 Å². The third-order valence-electron chi connectivity index (χ3n) is 7.00. The smallest absolute Gasteiger partial charge is 0.409 e. The van der Waals surface area contributed by atoms with Crippen molar-refractivity contribution in [1.29, 1.82) is 0 Å². The van der Waals surface area contributed by atoms with Crippen LogP contribution in [0.3, 0.4) is 0 Å². The first-order chi connectivity index (χ1) is 22.5. The van der Waals surface area contributed by atoms with Crippen molar-refractivity contribution in [2.45, 2.75) is 0 Å². The average molecular weight is 623 g/mol. The molecule has 0 saturated heterocycles. The fourth-order valence-electron chi connectivity index (χ4n) is 4.58. The molecular formula is C39H27O6P. The normalized spacial score (nSPS) is 10.6. The van der Waals surface area contributed by atoms with Gasteiger partial charge in [0, 0.05) is 33.4 Å². The van der Waals surface area contributed by atoms with E-state index in [-0.39, 0.29) is 17.3 Å². The molecule has 0 aromatic heterocycles. The summed E-state index contributed by atoms with van der Waals surface area (Å²) in [6.07, 6.45) is 0. The lowest BCUT2D eigenvalue weighted by molar-refractivity contribution is 0.103. The summed E-state index contributed by atoms with van der Waals surface area (Å²) in [5.74, 6) is 0.999. The molecule has 0 aliphatic rings. The van der Waals surface area contributed by atoms with Gasteiger partial charge in [-0.05, 0) is 72.8 Å². The van der Waals surface area contributed by atoms with Gasteiger partial charge in [-0.2, -0.15) is 0 Å². The van der Waals surface area contributed by atoms with Crippen LogP contribution in [-0.4, -0.2) is 17.3 Å². The third kappa shape index (κ3) is 7.44. The molecule has 0 aliphatic carbocycles. The highest BCUT2D eigenvalue weighted by atomic mass is 31.2. The number of carbonyl (C=O) groups excluding carboxylic acids is 3. The van der Waals surface area contributed by atoms with E-state index in [0.29, 0.717) is 50.6 Å². The second-order valence-corrected chi connectivity index (χ2v) is 11.2. The summed E-state index contributed by atoms with van der Waals surface area (Å²) in [5, 5.41) is 0. The number of benzene rings is 6. The van der Waals surface area contributed by atoms with Crippen LogP contribution >= 0.6 is 8.60 Å². The van der Waals surface area contributed by atoms with E-state index in [9.17, 15) is 14.4 Å². The summed E-state index contributed by atoms with van der Waals surface area (Å²) < 4.78 is 18.4. The van der Waals surface area contributed by atoms with Gasteiger partial charge < -0.3 is 13.6 Å². The Labute approximate surface area is 267 Å². The third-order valence-corrected chi connectivity index (χ3v) is 8.08. The summed E-state index contributed by atoms with van der Waals surface area (Å²) >= 11 is 0. The summed E-state index contributed by atoms with van der Waals surface area (Å²) in [4.78, 5) is 38.6. The Morgan fingerprint density at radius 1 is 0.304 bits per heavy atom. The van der Waals surface area contributed by atoms with Crippen molar-refractivity contribution in [1.82, 2.24) is 0 Å². The zero-order valence-electron chi connectivity index (χ0n) is 24.5. The van der Waals surface area contributed by atoms with Crippen molar-refractivity contribution in [3.63, 3.8) is 0 Å². The van der Waals surface area contributed by atoms with Crippen molar-refractivity contribution < 1.29 is 28.0 Å². The first-order valence-electron chi connectivity index (χ1n) is 14.5. The van der Waals surface area contributed by atoms with E-state index < -0.39 is 8.60 Å². The minimum atomic E-state index is -2.05. The minimum Gasteiger partial charge on any atom is -0.409 e. The van der Waals surface area contributed by atoms with E-state index in [1.165, 1.54) is 0 Å². The van der Waals surface area contributed by atoms with Crippen LogP contribution in [0, 0.1) is 0 Å². The minimum absolute atomic E-state index is 0.0998. The molecule has 46 heavy (non-hydrogen) atoms. The van der Waals surface area contributed by atoms with Crippen molar-refractivity contribution in [2.24, 2.45) is 0 Å². The number of hydrogen-bond donors (Lipinski definition) is 0. The predicted molar refractivity (Wildman–Crippen MR) is 178 cm³/mol. The van der Waals surface area contributed by atoms with Crippen LogP contribution in [0.5, 0.6) is 17.2 Å². The highest BCUT2D eigenvalue weighted by molar-refractivity contribution is 7.43. The Morgan fingerprint density at radius 3 is 0.761 bits per heavy atom. The SMILES string of the molecule is O=C(c1ccccc1)c1ccc(OP(Oc2ccc(C(=O)c3ccccc3)cc2)Oc2ccc(C(=O)c3ccccc3)cc2)cc1. The van der Waals surface area contributed by atoms with Gasteiger partial charge in [0.05, 0.1) is 0 Å². The lowest BCUT2D eigenvalue weighted by atomic mass is 10.0. The first kappa shape index (κ1) is 30.2. The molecule has 6 nitrogen and oxygen atoms in total. The number of ketones is 3. The average Bonchev–Trinajstić information content (AvgIpc) is 3.13. The Kier molecular flexibility index (Phi) is 9.38. The fourth-order valence-corrected chi connectivity index (χ4v) is 5.58. The molecule has 0 saturated carbocycles. The molecule has 0 unspecified atom stereocenters. The molecule has 6 aromatic carbocycles. The van der Waals surface area contributed by atoms with Gasteiger partial charge >= 0.3 is 8.60 Å². The summed E-state index contributed by atoms with van der Waals surface area (Å²) in [7, 11) is -2.05. The quantitative estimate of drug-likeness (QED) is 0.100. The molecule has 0 bridgehead atoms. The monoisotopic (exact) mass is 622 g/mol. The molecular weight excluding hydrogens is 595 g/mol. The highest BCUT2D eigenvalue weighted by Crippen LogP contribution is 2.42. The number of rotatable bonds is 12. The fraction of sp³-hybridized carbons (Fsp3) is 0. The lowest BCUT2D eigenvalue weighted by Crippen LogP contribution is -2.05. The van der Waals surface area contributed by atoms with Gasteiger partial charge in [-0.15, -0.1) is 0 Å². The van der Waals surface area contributed by atoms with Gasteiger partial charge in [-0.25, -0.2) is 0 Å². The van der Waals surface area contributed by atoms with E-state index in [4.69, 9.17) is 13.6 Å². The second-order valence-electron chi connectivity index (χ2n) is 10.2. The van der Waals surface area contributed by atoms with E-state index >= 15 is 0 Å². The Hall–Kier alpha value is -5.84. The maximum absolute atomic E-state index is 12.9. The van der Waals surface area contributed by atoms with Crippen LogP contribution in [0.1, 0.15) is 47.8 Å². The van der Waals surface area contributed by atoms with Gasteiger partial charge in [0.15, 0.2) is 17.3 Å². The lowest BCUT2D eigenvalue weighted by Gasteiger charge is -2.18. The standard InChI is InChI=1S/C39H27O6P/c40-37(28-10-4-1-5-11-28)31-16-22-34(23-17-31)43-46(44-35-24-18-32(19-25-35)38(41)29-12-6-2-7-13-29)45-36-26-20-33(21-27-36)39(42)30-14-8-3-9-15-30/h1-27H. The molecule has 6 rings (SSSR count). The van der Waals surface area contributed by atoms with E-state index in [1.54, 1.807) is 109 Å². The molecule has 0 aliphatic heterocycles. The van der Waals surface area contributed by atoms with Crippen LogP contribution in [0.4, 0.5) is 0 Å². The van der Waals surface area contributed by atoms with Crippen LogP contribution < -0.4 is 13.6 Å². The maximum Gasteiger partial charge on any atom is 0.530 e. The van der Waals surface area contributed by atoms with Crippen molar-refractivity contribution in [2.75, 3.05) is 0 Å². The van der Waals surface area contributed by atoms with Crippen LogP contribution in [0.2, 0.25) is 0 Å². The highest BCUT2D eigenvalue weighted by Gasteiger charge is 2.21. The molecule has 0 N–H and O–H groups in total. The van der Waals surface area contributed by atoms with Gasteiger partial charge in [0.1, 0.15) is 17.2 Å². The number of carbonyl (C=O) groups is 3. The van der Waals surface area contributed by atoms with E-state index in [0.717, 1.165) is 0 Å². The van der Waals surface area contributed by atoms with Crippen LogP contribution in [-0.2, 0) is 0 Å². The van der Waals surface area contributed by atoms with Gasteiger partial charge in [0.2, 0.25) is 0 Å². The molecule has 7 heteroatoms. The molecule has 6 aromatic rings. The molecule has 0 amide bonds. The van der Waals surface area contributed by atoms with Crippen LogP contribution in [0.15, 0.2) is 164 Å². The topological polar surface area (TPSA) is 78.9 Å². The Balaban J connectivity index is 1.20. The molecule has 0 atom stereocenters. The van der Waals surface area contributed by atoms with E-state index in [2.05, 4.69) is 0 Å². The molecule has 0 spiro atoms. The van der Waals surface area contributed by atoms with Crippen molar-refractivity contribution in [3.05, 3.63) is 197 Å². The van der Waals surface area contributed by atoms with Gasteiger partial charge in [0.25, 0.3) is 0 Å². The molecule has 224 valence electrons. The summed E-state index contributed by atoms with van der Waals surface area (Å²) in [6.45, 7) is 0. The zero-order chi connectivity index (χ0) is 31.7. The second kappa shape index (κ2) is 14.3. The maximum atomic E-state index is 12.9. The first-order valence-corrected chi connectivity index (χ1v) is 15.6. The largest absolute Gasteiger partial charge is 0.530 e.